The lowest BCUT2D eigenvalue weighted by atomic mass is 9.95. The molecule has 0 bridgehead atoms. The van der Waals surface area contributed by atoms with E-state index in [0.29, 0.717) is 24.8 Å². The van der Waals surface area contributed by atoms with Gasteiger partial charge in [-0.2, -0.15) is 0 Å². The highest BCUT2D eigenvalue weighted by molar-refractivity contribution is 7.13. The lowest BCUT2D eigenvalue weighted by Crippen LogP contribution is -2.48. The summed E-state index contributed by atoms with van der Waals surface area (Å²) in [6, 6.07) is 5.38. The number of piperidine rings is 1. The van der Waals surface area contributed by atoms with Gasteiger partial charge in [-0.1, -0.05) is 17.4 Å². The minimum atomic E-state index is -0.267. The monoisotopic (exact) mass is 374 g/mol. The van der Waals surface area contributed by atoms with Crippen molar-refractivity contribution in [2.24, 2.45) is 5.92 Å². The SMILES string of the molecule is C[C@@H](C(=O)Nc1nncs1)N1CCC(C(=O)NCc2ccccn2)CC1. The number of aromatic nitrogens is 3. The molecule has 0 aromatic carbocycles. The summed E-state index contributed by atoms with van der Waals surface area (Å²) in [4.78, 5) is 30.9. The molecular weight excluding hydrogens is 352 g/mol. The van der Waals surface area contributed by atoms with Crippen LogP contribution >= 0.6 is 11.3 Å². The first-order chi connectivity index (χ1) is 12.6. The van der Waals surface area contributed by atoms with E-state index in [4.69, 9.17) is 0 Å². The zero-order chi connectivity index (χ0) is 18.4. The summed E-state index contributed by atoms with van der Waals surface area (Å²) in [5.41, 5.74) is 2.43. The van der Waals surface area contributed by atoms with Crippen LogP contribution in [0.2, 0.25) is 0 Å². The molecule has 0 aliphatic carbocycles. The van der Waals surface area contributed by atoms with E-state index >= 15 is 0 Å². The fraction of sp³-hybridized carbons (Fsp3) is 0.471. The molecule has 26 heavy (non-hydrogen) atoms. The van der Waals surface area contributed by atoms with Crippen molar-refractivity contribution < 1.29 is 9.59 Å². The number of pyridine rings is 1. The van der Waals surface area contributed by atoms with Crippen LogP contribution in [-0.2, 0) is 16.1 Å². The van der Waals surface area contributed by atoms with Gasteiger partial charge in [0.15, 0.2) is 0 Å². The van der Waals surface area contributed by atoms with Gasteiger partial charge in [0.05, 0.1) is 18.3 Å². The van der Waals surface area contributed by atoms with Crippen LogP contribution < -0.4 is 10.6 Å². The van der Waals surface area contributed by atoms with E-state index in [9.17, 15) is 9.59 Å². The summed E-state index contributed by atoms with van der Waals surface area (Å²) in [6.45, 7) is 3.75. The Kier molecular flexibility index (Phi) is 6.24. The maximum absolute atomic E-state index is 12.3. The average molecular weight is 374 g/mol. The predicted molar refractivity (Wildman–Crippen MR) is 98.4 cm³/mol. The van der Waals surface area contributed by atoms with Gasteiger partial charge in [-0.15, -0.1) is 10.2 Å². The molecule has 0 unspecified atom stereocenters. The number of carbonyl (C=O) groups excluding carboxylic acids is 2. The Balaban J connectivity index is 1.43. The van der Waals surface area contributed by atoms with Crippen molar-refractivity contribution in [3.63, 3.8) is 0 Å². The Morgan fingerprint density at radius 1 is 1.35 bits per heavy atom. The van der Waals surface area contributed by atoms with Crippen molar-refractivity contribution >= 4 is 28.3 Å². The van der Waals surface area contributed by atoms with Crippen LogP contribution in [0.25, 0.3) is 0 Å². The summed E-state index contributed by atoms with van der Waals surface area (Å²) in [7, 11) is 0. The third kappa shape index (κ3) is 4.83. The number of anilines is 1. The molecule has 8 nitrogen and oxygen atoms in total. The number of rotatable bonds is 6. The highest BCUT2D eigenvalue weighted by atomic mass is 32.1. The molecule has 2 N–H and O–H groups in total. The zero-order valence-electron chi connectivity index (χ0n) is 14.6. The Hall–Kier alpha value is -2.39. The molecule has 0 spiro atoms. The molecular formula is C17H22N6O2S. The first kappa shape index (κ1) is 18.4. The number of amides is 2. The molecule has 2 aromatic heterocycles. The fourth-order valence-corrected chi connectivity index (χ4v) is 3.42. The van der Waals surface area contributed by atoms with Crippen molar-refractivity contribution in [3.8, 4) is 0 Å². The van der Waals surface area contributed by atoms with Gasteiger partial charge in [-0.3, -0.25) is 24.8 Å². The van der Waals surface area contributed by atoms with E-state index < -0.39 is 0 Å². The zero-order valence-corrected chi connectivity index (χ0v) is 15.4. The van der Waals surface area contributed by atoms with Gasteiger partial charge in [0, 0.05) is 12.1 Å². The molecule has 1 saturated heterocycles. The van der Waals surface area contributed by atoms with Crippen LogP contribution in [0.4, 0.5) is 5.13 Å². The van der Waals surface area contributed by atoms with Gasteiger partial charge in [-0.25, -0.2) is 0 Å². The summed E-state index contributed by atoms with van der Waals surface area (Å²) >= 11 is 1.29. The van der Waals surface area contributed by atoms with Gasteiger partial charge in [0.2, 0.25) is 16.9 Å². The summed E-state index contributed by atoms with van der Waals surface area (Å²) < 4.78 is 0. The maximum Gasteiger partial charge on any atom is 0.243 e. The molecule has 1 atom stereocenters. The topological polar surface area (TPSA) is 100 Å². The van der Waals surface area contributed by atoms with Crippen LogP contribution in [-0.4, -0.2) is 51.0 Å². The van der Waals surface area contributed by atoms with Crippen molar-refractivity contribution in [1.82, 2.24) is 25.4 Å². The van der Waals surface area contributed by atoms with Crippen molar-refractivity contribution in [1.29, 1.82) is 0 Å². The van der Waals surface area contributed by atoms with E-state index in [1.54, 1.807) is 11.7 Å². The standard InChI is InChI=1S/C17H22N6O2S/c1-12(15(24)21-17-22-20-11-26-17)23-8-5-13(6-9-23)16(25)19-10-14-4-2-3-7-18-14/h2-4,7,11-13H,5-6,8-10H2,1H3,(H,19,25)(H,21,22,24)/t12-/m0/s1. The van der Waals surface area contributed by atoms with Gasteiger partial charge >= 0.3 is 0 Å². The highest BCUT2D eigenvalue weighted by Crippen LogP contribution is 2.20. The quantitative estimate of drug-likeness (QED) is 0.790. The highest BCUT2D eigenvalue weighted by Gasteiger charge is 2.29. The molecule has 2 aromatic rings. The normalized spacial score (nSPS) is 16.8. The summed E-state index contributed by atoms with van der Waals surface area (Å²) in [5.74, 6) is -0.0607. The number of hydrogen-bond donors (Lipinski definition) is 2. The molecule has 0 saturated carbocycles. The average Bonchev–Trinajstić information content (AvgIpc) is 3.19. The van der Waals surface area contributed by atoms with Crippen molar-refractivity contribution in [3.05, 3.63) is 35.6 Å². The Morgan fingerprint density at radius 2 is 2.15 bits per heavy atom. The summed E-state index contributed by atoms with van der Waals surface area (Å²) in [6.07, 6.45) is 3.20. The van der Waals surface area contributed by atoms with Gasteiger partial charge in [0.25, 0.3) is 0 Å². The Labute approximate surface area is 156 Å². The largest absolute Gasteiger partial charge is 0.350 e. The van der Waals surface area contributed by atoms with Crippen LogP contribution in [0, 0.1) is 5.92 Å². The second-order valence-corrected chi connectivity index (χ2v) is 7.09. The molecule has 3 rings (SSSR count). The van der Waals surface area contributed by atoms with Gasteiger partial charge in [-0.05, 0) is 45.0 Å². The van der Waals surface area contributed by atoms with Crippen molar-refractivity contribution in [2.75, 3.05) is 18.4 Å². The first-order valence-electron chi connectivity index (χ1n) is 8.62. The first-order valence-corrected chi connectivity index (χ1v) is 9.50. The van der Waals surface area contributed by atoms with Crippen LogP contribution in [0.3, 0.4) is 0 Å². The lowest BCUT2D eigenvalue weighted by Gasteiger charge is -2.34. The van der Waals surface area contributed by atoms with E-state index in [-0.39, 0.29) is 23.8 Å². The minimum Gasteiger partial charge on any atom is -0.350 e. The molecule has 1 fully saturated rings. The molecule has 2 amide bonds. The second-order valence-electron chi connectivity index (χ2n) is 6.26. The number of likely N-dealkylation sites (tertiary alicyclic amines) is 1. The molecule has 1 aliphatic heterocycles. The van der Waals surface area contributed by atoms with Crippen LogP contribution in [0.15, 0.2) is 29.9 Å². The minimum absolute atomic E-state index is 0.0200. The van der Waals surface area contributed by atoms with E-state index in [1.807, 2.05) is 25.1 Å². The lowest BCUT2D eigenvalue weighted by molar-refractivity contribution is -0.127. The third-order valence-electron chi connectivity index (χ3n) is 4.59. The molecule has 3 heterocycles. The Bertz CT molecular complexity index is 716. The fourth-order valence-electron chi connectivity index (χ4n) is 2.98. The van der Waals surface area contributed by atoms with Crippen LogP contribution in [0.1, 0.15) is 25.5 Å². The number of hydrogen-bond acceptors (Lipinski definition) is 7. The maximum atomic E-state index is 12.3. The van der Waals surface area contributed by atoms with Gasteiger partial charge < -0.3 is 5.32 Å². The summed E-state index contributed by atoms with van der Waals surface area (Å²) in [5, 5.41) is 13.8. The second kappa shape index (κ2) is 8.81. The van der Waals surface area contributed by atoms with E-state index in [0.717, 1.165) is 18.5 Å². The van der Waals surface area contributed by atoms with Crippen LogP contribution in [0.5, 0.6) is 0 Å². The number of nitrogens with one attached hydrogen (secondary N) is 2. The predicted octanol–water partition coefficient (Wildman–Crippen LogP) is 1.29. The third-order valence-corrected chi connectivity index (χ3v) is 5.19. The Morgan fingerprint density at radius 3 is 2.81 bits per heavy atom. The van der Waals surface area contributed by atoms with Crippen molar-refractivity contribution in [2.45, 2.75) is 32.4 Å². The van der Waals surface area contributed by atoms with E-state index in [2.05, 4.69) is 30.7 Å². The molecule has 138 valence electrons. The number of carbonyl (C=O) groups is 2. The van der Waals surface area contributed by atoms with E-state index in [1.165, 1.54) is 11.3 Å². The molecule has 0 radical (unpaired) electrons. The smallest absolute Gasteiger partial charge is 0.243 e. The molecule has 9 heteroatoms. The van der Waals surface area contributed by atoms with Gasteiger partial charge in [0.1, 0.15) is 5.51 Å². The molecule has 1 aliphatic rings. The number of nitrogens with zero attached hydrogens (tertiary/aromatic N) is 4.